The van der Waals surface area contributed by atoms with Gasteiger partial charge in [-0.15, -0.1) is 12.4 Å². The fraction of sp³-hybridized carbons (Fsp3) is 0.273. The molecule has 82 valence electrons. The molecule has 0 aliphatic heterocycles. The quantitative estimate of drug-likeness (QED) is 0.830. The zero-order chi connectivity index (χ0) is 9.97. The van der Waals surface area contributed by atoms with Gasteiger partial charge in [-0.05, 0) is 43.8 Å². The van der Waals surface area contributed by atoms with Gasteiger partial charge in [0.25, 0.3) is 0 Å². The van der Waals surface area contributed by atoms with Gasteiger partial charge in [-0.3, -0.25) is 0 Å². The van der Waals surface area contributed by atoms with Gasteiger partial charge in [0.05, 0.1) is 0 Å². The first-order valence-corrected chi connectivity index (χ1v) is 4.71. The van der Waals surface area contributed by atoms with E-state index in [1.165, 1.54) is 17.7 Å². The number of benzene rings is 1. The highest BCUT2D eigenvalue weighted by Gasteiger charge is 2.03. The lowest BCUT2D eigenvalue weighted by atomic mass is 10.1. The minimum atomic E-state index is -0.195. The van der Waals surface area contributed by atoms with Gasteiger partial charge >= 0.3 is 0 Å². The summed E-state index contributed by atoms with van der Waals surface area (Å²) >= 11 is 0. The van der Waals surface area contributed by atoms with Crippen LogP contribution in [0.15, 0.2) is 24.4 Å². The van der Waals surface area contributed by atoms with Gasteiger partial charge in [0.15, 0.2) is 0 Å². The summed E-state index contributed by atoms with van der Waals surface area (Å²) in [7, 11) is 1.93. The molecular weight excluding hydrogens is 215 g/mol. The van der Waals surface area contributed by atoms with Crippen LogP contribution in [0.2, 0.25) is 0 Å². The number of hydrogen-bond acceptors (Lipinski definition) is 1. The molecule has 0 aliphatic rings. The third kappa shape index (κ3) is 2.49. The number of H-pyrrole nitrogens is 1. The van der Waals surface area contributed by atoms with E-state index in [-0.39, 0.29) is 18.2 Å². The Balaban J connectivity index is 0.00000112. The Morgan fingerprint density at radius 3 is 2.93 bits per heavy atom. The molecule has 0 unspecified atom stereocenters. The Kier molecular flexibility index (Phi) is 4.12. The molecule has 0 spiro atoms. The molecule has 1 heterocycles. The Hall–Kier alpha value is -1.06. The van der Waals surface area contributed by atoms with Gasteiger partial charge in [-0.25, -0.2) is 4.39 Å². The highest BCUT2D eigenvalue weighted by molar-refractivity contribution is 5.85. The maximum Gasteiger partial charge on any atom is 0.125 e. The Labute approximate surface area is 94.3 Å². The Bertz CT molecular complexity index is 439. The van der Waals surface area contributed by atoms with Crippen molar-refractivity contribution in [3.8, 4) is 0 Å². The number of halogens is 2. The van der Waals surface area contributed by atoms with Gasteiger partial charge in [0, 0.05) is 17.1 Å². The average Bonchev–Trinajstić information content (AvgIpc) is 2.57. The monoisotopic (exact) mass is 228 g/mol. The third-order valence-electron chi connectivity index (χ3n) is 2.37. The Morgan fingerprint density at radius 2 is 2.20 bits per heavy atom. The number of nitrogens with one attached hydrogen (secondary N) is 2. The van der Waals surface area contributed by atoms with Crippen molar-refractivity contribution in [3.63, 3.8) is 0 Å². The van der Waals surface area contributed by atoms with Crippen molar-refractivity contribution in [3.05, 3.63) is 35.8 Å². The van der Waals surface area contributed by atoms with Crippen LogP contribution in [-0.2, 0) is 6.42 Å². The van der Waals surface area contributed by atoms with Gasteiger partial charge in [0.1, 0.15) is 5.82 Å². The summed E-state index contributed by atoms with van der Waals surface area (Å²) in [6.07, 6.45) is 2.91. The summed E-state index contributed by atoms with van der Waals surface area (Å²) in [5.41, 5.74) is 2.10. The molecule has 1 aromatic carbocycles. The molecule has 0 radical (unpaired) electrons. The van der Waals surface area contributed by atoms with Crippen molar-refractivity contribution >= 4 is 23.3 Å². The van der Waals surface area contributed by atoms with Crippen LogP contribution in [0.1, 0.15) is 5.56 Å². The van der Waals surface area contributed by atoms with Gasteiger partial charge in [0.2, 0.25) is 0 Å². The largest absolute Gasteiger partial charge is 0.361 e. The molecule has 0 bridgehead atoms. The molecule has 4 heteroatoms. The van der Waals surface area contributed by atoms with Crippen molar-refractivity contribution < 1.29 is 4.39 Å². The molecule has 2 aromatic rings. The maximum atomic E-state index is 12.9. The first-order chi connectivity index (χ1) is 6.81. The summed E-state index contributed by atoms with van der Waals surface area (Å²) in [6.45, 7) is 0.935. The van der Waals surface area contributed by atoms with E-state index >= 15 is 0 Å². The maximum absolute atomic E-state index is 12.9. The molecule has 0 fully saturated rings. The van der Waals surface area contributed by atoms with Crippen molar-refractivity contribution in [2.75, 3.05) is 13.6 Å². The van der Waals surface area contributed by atoms with Crippen LogP contribution in [0.5, 0.6) is 0 Å². The SMILES string of the molecule is CNCCc1c[nH]c2cc(F)ccc12.Cl. The molecule has 0 saturated carbocycles. The highest BCUT2D eigenvalue weighted by atomic mass is 35.5. The summed E-state index contributed by atoms with van der Waals surface area (Å²) in [5, 5.41) is 4.21. The van der Waals surface area contributed by atoms with Gasteiger partial charge < -0.3 is 10.3 Å². The van der Waals surface area contributed by atoms with Crippen LogP contribution in [0.25, 0.3) is 10.9 Å². The van der Waals surface area contributed by atoms with Crippen LogP contribution in [0, 0.1) is 5.82 Å². The molecule has 0 aliphatic carbocycles. The summed E-state index contributed by atoms with van der Waals surface area (Å²) in [6, 6.07) is 4.85. The lowest BCUT2D eigenvalue weighted by molar-refractivity contribution is 0.629. The lowest BCUT2D eigenvalue weighted by Crippen LogP contribution is -2.09. The van der Waals surface area contributed by atoms with Crippen molar-refractivity contribution in [1.29, 1.82) is 0 Å². The zero-order valence-electron chi connectivity index (χ0n) is 8.51. The van der Waals surface area contributed by atoms with E-state index in [0.29, 0.717) is 0 Å². The molecule has 0 saturated heterocycles. The number of fused-ring (bicyclic) bond motifs is 1. The van der Waals surface area contributed by atoms with Crippen LogP contribution in [-0.4, -0.2) is 18.6 Å². The molecule has 0 atom stereocenters. The summed E-state index contributed by atoms with van der Waals surface area (Å²) in [4.78, 5) is 3.07. The van der Waals surface area contributed by atoms with Crippen LogP contribution in [0.3, 0.4) is 0 Å². The molecule has 2 rings (SSSR count). The number of likely N-dealkylation sites (N-methyl/N-ethyl adjacent to an activating group) is 1. The number of rotatable bonds is 3. The fourth-order valence-electron chi connectivity index (χ4n) is 1.63. The second-order valence-corrected chi connectivity index (χ2v) is 3.36. The van der Waals surface area contributed by atoms with Crippen LogP contribution < -0.4 is 5.32 Å². The topological polar surface area (TPSA) is 27.8 Å². The van der Waals surface area contributed by atoms with Gasteiger partial charge in [-0.1, -0.05) is 0 Å². The van der Waals surface area contributed by atoms with E-state index in [1.807, 2.05) is 19.3 Å². The smallest absolute Gasteiger partial charge is 0.125 e. The van der Waals surface area contributed by atoms with Crippen molar-refractivity contribution in [1.82, 2.24) is 10.3 Å². The molecule has 2 nitrogen and oxygen atoms in total. The number of hydrogen-bond donors (Lipinski definition) is 2. The molecule has 0 amide bonds. The Morgan fingerprint density at radius 1 is 1.40 bits per heavy atom. The van der Waals surface area contributed by atoms with E-state index in [2.05, 4.69) is 10.3 Å². The summed E-state index contributed by atoms with van der Waals surface area (Å²) in [5.74, 6) is -0.195. The average molecular weight is 229 g/mol. The molecular formula is C11H14ClFN2. The molecule has 2 N–H and O–H groups in total. The predicted octanol–water partition coefficient (Wildman–Crippen LogP) is 2.49. The van der Waals surface area contributed by atoms with E-state index < -0.39 is 0 Å². The second kappa shape index (κ2) is 5.14. The van der Waals surface area contributed by atoms with E-state index in [0.717, 1.165) is 23.9 Å². The summed E-state index contributed by atoms with van der Waals surface area (Å²) < 4.78 is 12.9. The van der Waals surface area contributed by atoms with Crippen LogP contribution in [0.4, 0.5) is 4.39 Å². The van der Waals surface area contributed by atoms with E-state index in [4.69, 9.17) is 0 Å². The van der Waals surface area contributed by atoms with Crippen LogP contribution >= 0.6 is 12.4 Å². The van der Waals surface area contributed by atoms with E-state index in [9.17, 15) is 4.39 Å². The number of aromatic amines is 1. The predicted molar refractivity (Wildman–Crippen MR) is 63.1 cm³/mol. The first kappa shape index (κ1) is 12.0. The highest BCUT2D eigenvalue weighted by Crippen LogP contribution is 2.19. The van der Waals surface area contributed by atoms with Gasteiger partial charge in [-0.2, -0.15) is 0 Å². The fourth-order valence-corrected chi connectivity index (χ4v) is 1.63. The lowest BCUT2D eigenvalue weighted by Gasteiger charge is -1.97. The molecule has 1 aromatic heterocycles. The van der Waals surface area contributed by atoms with Crippen molar-refractivity contribution in [2.24, 2.45) is 0 Å². The second-order valence-electron chi connectivity index (χ2n) is 3.36. The third-order valence-corrected chi connectivity index (χ3v) is 2.37. The number of aromatic nitrogens is 1. The van der Waals surface area contributed by atoms with E-state index in [1.54, 1.807) is 0 Å². The minimum Gasteiger partial charge on any atom is -0.361 e. The normalized spacial score (nSPS) is 10.3. The minimum absolute atomic E-state index is 0. The molecule has 15 heavy (non-hydrogen) atoms. The zero-order valence-corrected chi connectivity index (χ0v) is 9.33. The first-order valence-electron chi connectivity index (χ1n) is 4.71. The van der Waals surface area contributed by atoms with Crippen molar-refractivity contribution in [2.45, 2.75) is 6.42 Å². The standard InChI is InChI=1S/C11H13FN2.ClH/c1-13-5-4-8-7-14-11-6-9(12)2-3-10(8)11;/h2-3,6-7,13-14H,4-5H2,1H3;1H.